The minimum absolute atomic E-state index is 0.130. The molecule has 2 rings (SSSR count). The molecule has 0 aliphatic rings. The van der Waals surface area contributed by atoms with Crippen LogP contribution in [-0.4, -0.2) is 15.4 Å². The molecule has 0 spiro atoms. The van der Waals surface area contributed by atoms with Crippen LogP contribution in [0.4, 0.5) is 4.39 Å². The summed E-state index contributed by atoms with van der Waals surface area (Å²) in [7, 11) is 0. The van der Waals surface area contributed by atoms with Gasteiger partial charge < -0.3 is 10.3 Å². The van der Waals surface area contributed by atoms with Crippen molar-refractivity contribution in [1.29, 1.82) is 5.41 Å². The fraction of sp³-hybridized carbons (Fsp3) is 0.0909. The summed E-state index contributed by atoms with van der Waals surface area (Å²) in [5.74, 6) is -0.519. The Labute approximate surface area is 92.0 Å². The number of imidazole rings is 1. The number of nitrogens with one attached hydrogen (secondary N) is 1. The maximum atomic E-state index is 13.0. The zero-order chi connectivity index (χ0) is 11.5. The number of amidine groups is 1. The number of benzene rings is 1. The molecule has 0 fully saturated rings. The summed E-state index contributed by atoms with van der Waals surface area (Å²) in [6.07, 6.45) is 5.12. The molecule has 0 radical (unpaired) electrons. The van der Waals surface area contributed by atoms with Crippen molar-refractivity contribution in [3.05, 3.63) is 53.9 Å². The predicted molar refractivity (Wildman–Crippen MR) is 58.7 cm³/mol. The monoisotopic (exact) mass is 218 g/mol. The summed E-state index contributed by atoms with van der Waals surface area (Å²) in [5.41, 5.74) is 6.63. The first-order valence-corrected chi connectivity index (χ1v) is 4.75. The summed E-state index contributed by atoms with van der Waals surface area (Å²) < 4.78 is 14.8. The number of hydrogen-bond acceptors (Lipinski definition) is 2. The molecule has 2 aromatic rings. The second-order valence-electron chi connectivity index (χ2n) is 3.45. The fourth-order valence-electron chi connectivity index (χ4n) is 1.51. The fourth-order valence-corrected chi connectivity index (χ4v) is 1.51. The van der Waals surface area contributed by atoms with E-state index in [-0.39, 0.29) is 11.7 Å². The topological polar surface area (TPSA) is 67.7 Å². The van der Waals surface area contributed by atoms with Gasteiger partial charge in [0.05, 0.1) is 6.33 Å². The Hall–Kier alpha value is -2.17. The van der Waals surface area contributed by atoms with Crippen molar-refractivity contribution in [2.75, 3.05) is 0 Å². The van der Waals surface area contributed by atoms with Crippen molar-refractivity contribution in [1.82, 2.24) is 9.55 Å². The first-order valence-electron chi connectivity index (χ1n) is 4.75. The quantitative estimate of drug-likeness (QED) is 0.603. The molecule has 1 heterocycles. The first-order chi connectivity index (χ1) is 7.66. The van der Waals surface area contributed by atoms with Crippen LogP contribution in [0.2, 0.25) is 0 Å². The third-order valence-electron chi connectivity index (χ3n) is 2.27. The standard InChI is InChI=1S/C11H11FN4/c12-9-2-1-8(10(5-9)11(13)14)6-16-4-3-15-7-16/h1-5,7H,6H2,(H3,13,14). The van der Waals surface area contributed by atoms with Gasteiger partial charge in [-0.2, -0.15) is 0 Å². The third kappa shape index (κ3) is 2.08. The lowest BCUT2D eigenvalue weighted by Crippen LogP contribution is -2.15. The molecular formula is C11H11FN4. The second kappa shape index (κ2) is 4.14. The lowest BCUT2D eigenvalue weighted by atomic mass is 10.1. The van der Waals surface area contributed by atoms with E-state index in [4.69, 9.17) is 11.1 Å². The van der Waals surface area contributed by atoms with Gasteiger partial charge in [0.25, 0.3) is 0 Å². The molecule has 0 unspecified atom stereocenters. The van der Waals surface area contributed by atoms with Gasteiger partial charge in [-0.15, -0.1) is 0 Å². The number of hydrogen-bond donors (Lipinski definition) is 2. The number of nitrogens with zero attached hydrogens (tertiary/aromatic N) is 2. The Morgan fingerprint density at radius 1 is 1.50 bits per heavy atom. The van der Waals surface area contributed by atoms with Crippen molar-refractivity contribution in [2.24, 2.45) is 5.73 Å². The van der Waals surface area contributed by atoms with Crippen LogP contribution in [0.25, 0.3) is 0 Å². The molecule has 0 aliphatic heterocycles. The van der Waals surface area contributed by atoms with E-state index in [1.165, 1.54) is 12.1 Å². The Morgan fingerprint density at radius 3 is 2.94 bits per heavy atom. The minimum atomic E-state index is -0.389. The average molecular weight is 218 g/mol. The number of halogens is 1. The SMILES string of the molecule is N=C(N)c1cc(F)ccc1Cn1ccnc1. The van der Waals surface area contributed by atoms with E-state index in [1.54, 1.807) is 24.8 Å². The van der Waals surface area contributed by atoms with Gasteiger partial charge in [-0.25, -0.2) is 9.37 Å². The van der Waals surface area contributed by atoms with Gasteiger partial charge in [-0.05, 0) is 17.7 Å². The Morgan fingerprint density at radius 2 is 2.31 bits per heavy atom. The van der Waals surface area contributed by atoms with Crippen molar-refractivity contribution in [3.63, 3.8) is 0 Å². The van der Waals surface area contributed by atoms with Crippen LogP contribution < -0.4 is 5.73 Å². The van der Waals surface area contributed by atoms with Crippen molar-refractivity contribution in [2.45, 2.75) is 6.54 Å². The highest BCUT2D eigenvalue weighted by Crippen LogP contribution is 2.12. The summed E-state index contributed by atoms with van der Waals surface area (Å²) in [5, 5.41) is 7.39. The van der Waals surface area contributed by atoms with Gasteiger partial charge in [0.1, 0.15) is 11.7 Å². The van der Waals surface area contributed by atoms with Crippen LogP contribution in [0.5, 0.6) is 0 Å². The molecular weight excluding hydrogens is 207 g/mol. The highest BCUT2D eigenvalue weighted by Gasteiger charge is 2.07. The number of aromatic nitrogens is 2. The van der Waals surface area contributed by atoms with E-state index < -0.39 is 0 Å². The summed E-state index contributed by atoms with van der Waals surface area (Å²) in [6.45, 7) is 0.523. The molecule has 16 heavy (non-hydrogen) atoms. The molecule has 0 atom stereocenters. The van der Waals surface area contributed by atoms with Crippen molar-refractivity contribution < 1.29 is 4.39 Å². The van der Waals surface area contributed by atoms with Gasteiger partial charge in [-0.3, -0.25) is 5.41 Å². The van der Waals surface area contributed by atoms with Crippen LogP contribution in [0.15, 0.2) is 36.9 Å². The second-order valence-corrected chi connectivity index (χ2v) is 3.45. The first kappa shape index (κ1) is 10.4. The number of nitrogens with two attached hydrogens (primary N) is 1. The zero-order valence-corrected chi connectivity index (χ0v) is 8.52. The Kier molecular flexibility index (Phi) is 2.68. The average Bonchev–Trinajstić information content (AvgIpc) is 2.73. The van der Waals surface area contributed by atoms with Crippen LogP contribution in [0, 0.1) is 11.2 Å². The van der Waals surface area contributed by atoms with Gasteiger partial charge in [0, 0.05) is 24.5 Å². The lowest BCUT2D eigenvalue weighted by Gasteiger charge is -2.08. The van der Waals surface area contributed by atoms with E-state index in [2.05, 4.69) is 4.98 Å². The maximum Gasteiger partial charge on any atom is 0.123 e. The zero-order valence-electron chi connectivity index (χ0n) is 8.52. The van der Waals surface area contributed by atoms with Crippen molar-refractivity contribution >= 4 is 5.84 Å². The van der Waals surface area contributed by atoms with Gasteiger partial charge in [0.2, 0.25) is 0 Å². The minimum Gasteiger partial charge on any atom is -0.384 e. The maximum absolute atomic E-state index is 13.0. The molecule has 1 aromatic heterocycles. The van der Waals surface area contributed by atoms with Crippen LogP contribution in [0.3, 0.4) is 0 Å². The van der Waals surface area contributed by atoms with Gasteiger partial charge >= 0.3 is 0 Å². The predicted octanol–water partition coefficient (Wildman–Crippen LogP) is 1.35. The molecule has 82 valence electrons. The lowest BCUT2D eigenvalue weighted by molar-refractivity contribution is 0.625. The van der Waals surface area contributed by atoms with E-state index in [1.807, 2.05) is 4.57 Å². The largest absolute Gasteiger partial charge is 0.384 e. The smallest absolute Gasteiger partial charge is 0.123 e. The molecule has 5 heteroatoms. The number of nitrogen functional groups attached to an aromatic ring is 1. The molecule has 4 nitrogen and oxygen atoms in total. The molecule has 1 aromatic carbocycles. The molecule has 0 saturated carbocycles. The van der Waals surface area contributed by atoms with Gasteiger partial charge in [0.15, 0.2) is 0 Å². The highest BCUT2D eigenvalue weighted by atomic mass is 19.1. The van der Waals surface area contributed by atoms with Gasteiger partial charge in [-0.1, -0.05) is 6.07 Å². The molecule has 0 saturated heterocycles. The third-order valence-corrected chi connectivity index (χ3v) is 2.27. The van der Waals surface area contributed by atoms with Crippen LogP contribution in [0.1, 0.15) is 11.1 Å². The van der Waals surface area contributed by atoms with E-state index >= 15 is 0 Å². The van der Waals surface area contributed by atoms with E-state index in [0.29, 0.717) is 12.1 Å². The molecule has 0 bridgehead atoms. The van der Waals surface area contributed by atoms with Crippen LogP contribution in [-0.2, 0) is 6.54 Å². The number of rotatable bonds is 3. The van der Waals surface area contributed by atoms with E-state index in [9.17, 15) is 4.39 Å². The molecule has 0 amide bonds. The molecule has 0 aliphatic carbocycles. The summed E-state index contributed by atoms with van der Waals surface area (Å²) >= 11 is 0. The normalized spacial score (nSPS) is 10.3. The Bertz CT molecular complexity index is 505. The van der Waals surface area contributed by atoms with Crippen molar-refractivity contribution in [3.8, 4) is 0 Å². The van der Waals surface area contributed by atoms with E-state index in [0.717, 1.165) is 5.56 Å². The Balaban J connectivity index is 2.36. The summed E-state index contributed by atoms with van der Waals surface area (Å²) in [4.78, 5) is 3.91. The highest BCUT2D eigenvalue weighted by molar-refractivity contribution is 5.96. The summed E-state index contributed by atoms with van der Waals surface area (Å²) in [6, 6.07) is 4.26. The van der Waals surface area contributed by atoms with Crippen LogP contribution >= 0.6 is 0 Å². The molecule has 3 N–H and O–H groups in total.